The van der Waals surface area contributed by atoms with E-state index in [4.69, 9.17) is 41.3 Å². The third kappa shape index (κ3) is 6.77. The van der Waals surface area contributed by atoms with Crippen LogP contribution in [0.4, 0.5) is 22.2 Å². The summed E-state index contributed by atoms with van der Waals surface area (Å²) in [6, 6.07) is 11.2. The van der Waals surface area contributed by atoms with Crippen molar-refractivity contribution in [3.63, 3.8) is 0 Å². The van der Waals surface area contributed by atoms with E-state index in [2.05, 4.69) is 34.0 Å². The molecule has 0 unspecified atom stereocenters. The van der Waals surface area contributed by atoms with Gasteiger partial charge in [-0.3, -0.25) is 5.32 Å². The number of nitrogens with two attached hydrogens (primary N) is 1. The molecule has 2 heterocycles. The molecule has 41 heavy (non-hydrogen) atoms. The van der Waals surface area contributed by atoms with Crippen molar-refractivity contribution in [1.82, 2.24) is 9.97 Å². The second-order valence-corrected chi connectivity index (χ2v) is 9.36. The molecule has 0 aliphatic heterocycles. The topological polar surface area (TPSA) is 134 Å². The first kappa shape index (κ1) is 29.4. The maximum Gasteiger partial charge on any atom is 0.414 e. The Labute approximate surface area is 243 Å². The first-order valence-electron chi connectivity index (χ1n) is 13.0. The Bertz CT molecular complexity index is 1580. The van der Waals surface area contributed by atoms with Crippen LogP contribution in [0.2, 0.25) is 0 Å². The summed E-state index contributed by atoms with van der Waals surface area (Å²) in [7, 11) is 4.64. The van der Waals surface area contributed by atoms with Crippen LogP contribution in [0.3, 0.4) is 0 Å². The lowest BCUT2D eigenvalue weighted by Gasteiger charge is -2.21. The van der Waals surface area contributed by atoms with Gasteiger partial charge in [0.05, 0.1) is 21.3 Å². The fraction of sp³-hybridized carbons (Fsp3) is 0.310. The van der Waals surface area contributed by atoms with Gasteiger partial charge in [0.2, 0.25) is 11.7 Å². The number of fused-ring (bicyclic) bond motifs is 1. The van der Waals surface area contributed by atoms with Gasteiger partial charge in [0.25, 0.3) is 0 Å². The lowest BCUT2D eigenvalue weighted by atomic mass is 10.1. The van der Waals surface area contributed by atoms with Crippen molar-refractivity contribution in [2.24, 2.45) is 0 Å². The van der Waals surface area contributed by atoms with Crippen molar-refractivity contribution >= 4 is 46.7 Å². The molecule has 0 aliphatic rings. The van der Waals surface area contributed by atoms with Crippen LogP contribution in [0.1, 0.15) is 30.5 Å². The molecule has 2 aromatic carbocycles. The highest BCUT2D eigenvalue weighted by Crippen LogP contribution is 2.39. The van der Waals surface area contributed by atoms with Gasteiger partial charge in [-0.15, -0.1) is 0 Å². The quantitative estimate of drug-likeness (QED) is 0.210. The Hall–Kier alpha value is -4.58. The van der Waals surface area contributed by atoms with Crippen LogP contribution in [0.25, 0.3) is 11.0 Å². The minimum Gasteiger partial charge on any atom is -0.493 e. The third-order valence-corrected chi connectivity index (χ3v) is 6.73. The van der Waals surface area contributed by atoms with Crippen molar-refractivity contribution in [2.75, 3.05) is 50.4 Å². The van der Waals surface area contributed by atoms with Crippen molar-refractivity contribution < 1.29 is 28.2 Å². The number of anilines is 3. The molecular formula is C29H33N5O6S. The molecule has 216 valence electrons. The molecule has 4 rings (SSSR count). The van der Waals surface area contributed by atoms with E-state index in [9.17, 15) is 4.79 Å². The number of benzene rings is 2. The fourth-order valence-electron chi connectivity index (χ4n) is 4.47. The number of ether oxygens (including phenoxy) is 4. The maximum absolute atomic E-state index is 12.6. The number of nitrogens with one attached hydrogen (secondary N) is 1. The number of carbonyl (C=O) groups excluding carboxylic acids is 1. The second kappa shape index (κ2) is 13.2. The zero-order chi connectivity index (χ0) is 29.5. The van der Waals surface area contributed by atoms with Crippen LogP contribution in [-0.2, 0) is 17.8 Å². The van der Waals surface area contributed by atoms with Crippen LogP contribution >= 0.6 is 12.2 Å². The van der Waals surface area contributed by atoms with Crippen LogP contribution in [0.15, 0.2) is 47.0 Å². The molecule has 12 heteroatoms. The van der Waals surface area contributed by atoms with Crippen molar-refractivity contribution in [1.29, 1.82) is 0 Å². The molecule has 4 aromatic rings. The highest BCUT2D eigenvalue weighted by Gasteiger charge is 2.16. The highest BCUT2D eigenvalue weighted by atomic mass is 32.1. The molecule has 1 amide bonds. The molecule has 11 nitrogen and oxygen atoms in total. The number of methoxy groups -OCH3 is 3. The number of aromatic nitrogens is 2. The van der Waals surface area contributed by atoms with E-state index < -0.39 is 6.09 Å². The summed E-state index contributed by atoms with van der Waals surface area (Å²) in [6.07, 6.45) is 1.21. The van der Waals surface area contributed by atoms with Crippen molar-refractivity contribution in [2.45, 2.75) is 26.9 Å². The van der Waals surface area contributed by atoms with E-state index in [1.165, 1.54) is 0 Å². The summed E-state index contributed by atoms with van der Waals surface area (Å²) in [5.74, 6) is 1.76. The average Bonchev–Trinajstić information content (AvgIpc) is 2.97. The predicted molar refractivity (Wildman–Crippen MR) is 160 cm³/mol. The largest absolute Gasteiger partial charge is 0.493 e. The van der Waals surface area contributed by atoms with Gasteiger partial charge in [-0.25, -0.2) is 9.78 Å². The van der Waals surface area contributed by atoms with E-state index >= 15 is 0 Å². The SMILES string of the molecule is CCN(CC)c1ccc2c(COC(=O)Nc3ncc(Cc4cc(OC)c(OC)c(OC)c4)c(N)n3)cc(=S)oc2c1. The van der Waals surface area contributed by atoms with E-state index in [1.807, 2.05) is 30.3 Å². The van der Waals surface area contributed by atoms with Gasteiger partial charge in [-0.1, -0.05) is 0 Å². The number of hydrogen-bond acceptors (Lipinski definition) is 11. The normalized spacial score (nSPS) is 10.8. The predicted octanol–water partition coefficient (Wildman–Crippen LogP) is 5.75. The molecule has 2 aromatic heterocycles. The molecule has 0 radical (unpaired) electrons. The molecule has 0 fully saturated rings. The Kier molecular flexibility index (Phi) is 9.45. The second-order valence-electron chi connectivity index (χ2n) is 8.96. The molecule has 3 N–H and O–H groups in total. The van der Waals surface area contributed by atoms with E-state index in [-0.39, 0.29) is 18.4 Å². The fourth-order valence-corrected chi connectivity index (χ4v) is 4.70. The van der Waals surface area contributed by atoms with Crippen LogP contribution in [0, 0.1) is 4.71 Å². The minimum absolute atomic E-state index is 0.0156. The lowest BCUT2D eigenvalue weighted by molar-refractivity contribution is 0.155. The first-order chi connectivity index (χ1) is 19.8. The third-order valence-electron chi connectivity index (χ3n) is 6.53. The van der Waals surface area contributed by atoms with Gasteiger partial charge in [-0.05, 0) is 62.0 Å². The van der Waals surface area contributed by atoms with Gasteiger partial charge in [0.1, 0.15) is 18.0 Å². The number of hydrogen-bond donors (Lipinski definition) is 2. The van der Waals surface area contributed by atoms with E-state index in [0.29, 0.717) is 39.5 Å². The summed E-state index contributed by atoms with van der Waals surface area (Å²) in [5, 5.41) is 3.33. The molecule has 0 saturated carbocycles. The standard InChI is InChI=1S/C29H33N5O6S/c1-6-34(7-2)20-8-9-21-19(13-25(41)40-22(21)14-20)16-39-29(35)33-28-31-15-18(27(30)32-28)10-17-11-23(36-3)26(38-5)24(12-17)37-4/h8-9,11-15H,6-7,10,16H2,1-5H3,(H3,30,31,32,33,35). The molecule has 0 bridgehead atoms. The van der Waals surface area contributed by atoms with E-state index in [1.54, 1.807) is 33.6 Å². The summed E-state index contributed by atoms with van der Waals surface area (Å²) < 4.78 is 27.7. The van der Waals surface area contributed by atoms with Gasteiger partial charge in [0.15, 0.2) is 16.2 Å². The summed E-state index contributed by atoms with van der Waals surface area (Å²) in [6.45, 7) is 5.88. The number of rotatable bonds is 11. The Balaban J connectivity index is 1.44. The monoisotopic (exact) mass is 579 g/mol. The summed E-state index contributed by atoms with van der Waals surface area (Å²) in [4.78, 5) is 23.2. The Morgan fingerprint density at radius 1 is 1.02 bits per heavy atom. The van der Waals surface area contributed by atoms with Crippen LogP contribution in [-0.4, -0.2) is 50.5 Å². The molecular weight excluding hydrogens is 546 g/mol. The molecule has 0 aliphatic carbocycles. The maximum atomic E-state index is 12.6. The number of nitrogen functional groups attached to an aromatic ring is 1. The molecule has 0 atom stereocenters. The Morgan fingerprint density at radius 3 is 2.34 bits per heavy atom. The molecule has 0 saturated heterocycles. The zero-order valence-electron chi connectivity index (χ0n) is 23.6. The number of amides is 1. The van der Waals surface area contributed by atoms with Gasteiger partial charge in [0, 0.05) is 54.0 Å². The van der Waals surface area contributed by atoms with Crippen molar-refractivity contribution in [3.05, 3.63) is 64.0 Å². The van der Waals surface area contributed by atoms with Gasteiger partial charge in [-0.2, -0.15) is 4.98 Å². The van der Waals surface area contributed by atoms with Crippen LogP contribution in [0.5, 0.6) is 17.2 Å². The van der Waals surface area contributed by atoms with Crippen LogP contribution < -0.4 is 30.2 Å². The average molecular weight is 580 g/mol. The van der Waals surface area contributed by atoms with Crippen molar-refractivity contribution in [3.8, 4) is 17.2 Å². The number of nitrogens with zero attached hydrogens (tertiary/aromatic N) is 3. The number of carbonyl (C=O) groups is 1. The smallest absolute Gasteiger partial charge is 0.414 e. The van der Waals surface area contributed by atoms with E-state index in [0.717, 1.165) is 35.3 Å². The van der Waals surface area contributed by atoms with Gasteiger partial charge >= 0.3 is 6.09 Å². The summed E-state index contributed by atoms with van der Waals surface area (Å²) >= 11 is 5.30. The first-order valence-corrected chi connectivity index (χ1v) is 13.4. The molecule has 0 spiro atoms. The Morgan fingerprint density at radius 2 is 1.73 bits per heavy atom. The lowest BCUT2D eigenvalue weighted by Crippen LogP contribution is -2.21. The summed E-state index contributed by atoms with van der Waals surface area (Å²) in [5.41, 5.74) is 10.1. The van der Waals surface area contributed by atoms with Gasteiger partial charge < -0.3 is 34.0 Å². The minimum atomic E-state index is -0.735. The highest BCUT2D eigenvalue weighted by molar-refractivity contribution is 7.71. The zero-order valence-corrected chi connectivity index (χ0v) is 24.5.